The number of nitrogens with one attached hydrogen (secondary N) is 1. The molecule has 1 N–H and O–H groups in total. The smallest absolute Gasteiger partial charge is 0.325 e. The molecule has 6 heteroatoms. The molecule has 0 unspecified atom stereocenters. The fourth-order valence-electron chi connectivity index (χ4n) is 1.45. The molecule has 16 heavy (non-hydrogen) atoms. The first-order valence-electron chi connectivity index (χ1n) is 4.54. The highest BCUT2D eigenvalue weighted by Crippen LogP contribution is 2.34. The number of hydrogen-bond donors (Lipinski definition) is 1. The molecular weight excluding hydrogens is 239 g/mol. The number of rotatable bonds is 0. The van der Waals surface area contributed by atoms with Gasteiger partial charge in [-0.3, -0.25) is 4.79 Å². The quantitative estimate of drug-likeness (QED) is 0.763. The van der Waals surface area contributed by atoms with E-state index in [-0.39, 0.29) is 11.7 Å². The summed E-state index contributed by atoms with van der Waals surface area (Å²) in [5, 5.41) is 2.57. The predicted molar refractivity (Wildman–Crippen MR) is 56.2 cm³/mol. The zero-order valence-corrected chi connectivity index (χ0v) is 8.91. The molecule has 1 aliphatic heterocycles. The molecule has 0 bridgehead atoms. The van der Waals surface area contributed by atoms with Crippen LogP contribution in [0.3, 0.4) is 0 Å². The molecule has 0 fully saturated rings. The minimum atomic E-state index is -4.34. The van der Waals surface area contributed by atoms with Crippen LogP contribution in [0, 0.1) is 0 Å². The number of hydrogen-bond acceptors (Lipinski definition) is 2. The zero-order valence-electron chi connectivity index (χ0n) is 8.10. The van der Waals surface area contributed by atoms with E-state index in [4.69, 9.17) is 0 Å². The Bertz CT molecular complexity index is 431. The van der Waals surface area contributed by atoms with E-state index in [0.29, 0.717) is 17.0 Å². The first kappa shape index (κ1) is 11.3. The number of amides is 1. The van der Waals surface area contributed by atoms with Gasteiger partial charge in [-0.1, -0.05) is 0 Å². The minimum Gasteiger partial charge on any atom is -0.325 e. The third-order valence-corrected chi connectivity index (χ3v) is 3.18. The molecule has 0 aromatic heterocycles. The maximum atomic E-state index is 12.4. The summed E-state index contributed by atoms with van der Waals surface area (Å²) >= 11 is 1.31. The van der Waals surface area contributed by atoms with Gasteiger partial charge in [0.15, 0.2) is 0 Å². The highest BCUT2D eigenvalue weighted by Gasteiger charge is 2.31. The molecule has 1 heterocycles. The van der Waals surface area contributed by atoms with Crippen LogP contribution in [-0.4, -0.2) is 11.7 Å². The van der Waals surface area contributed by atoms with Gasteiger partial charge in [0, 0.05) is 11.4 Å². The fraction of sp³-hybridized carbons (Fsp3) is 0.300. The lowest BCUT2D eigenvalue weighted by Crippen LogP contribution is -2.13. The van der Waals surface area contributed by atoms with E-state index >= 15 is 0 Å². The first-order valence-corrected chi connectivity index (χ1v) is 5.70. The Balaban J connectivity index is 2.39. The van der Waals surface area contributed by atoms with Crippen LogP contribution in [0.5, 0.6) is 0 Å². The van der Waals surface area contributed by atoms with Gasteiger partial charge >= 0.3 is 6.18 Å². The molecule has 1 aromatic rings. The topological polar surface area (TPSA) is 29.1 Å². The molecular formula is C10H8F3NOS. The number of halogens is 3. The van der Waals surface area contributed by atoms with E-state index in [1.165, 1.54) is 17.8 Å². The Morgan fingerprint density at radius 1 is 1.25 bits per heavy atom. The summed E-state index contributed by atoms with van der Waals surface area (Å²) in [6, 6.07) is 3.38. The monoisotopic (exact) mass is 247 g/mol. The third kappa shape index (κ3) is 2.32. The summed E-state index contributed by atoms with van der Waals surface area (Å²) in [6.45, 7) is 0. The van der Waals surface area contributed by atoms with Crippen LogP contribution in [-0.2, 0) is 16.7 Å². The molecule has 0 atom stereocenters. The molecule has 2 rings (SSSR count). The molecule has 0 saturated carbocycles. The van der Waals surface area contributed by atoms with E-state index in [1.54, 1.807) is 0 Å². The van der Waals surface area contributed by atoms with Crippen LogP contribution in [0.25, 0.3) is 0 Å². The summed E-state index contributed by atoms with van der Waals surface area (Å²) in [5.41, 5.74) is 0.316. The van der Waals surface area contributed by atoms with Crippen molar-refractivity contribution < 1.29 is 18.0 Å². The van der Waals surface area contributed by atoms with E-state index in [1.807, 2.05) is 0 Å². The fourth-order valence-corrected chi connectivity index (χ4v) is 2.27. The van der Waals surface area contributed by atoms with Crippen molar-refractivity contribution in [1.29, 1.82) is 0 Å². The lowest BCUT2D eigenvalue weighted by Gasteiger charge is -2.11. The number of anilines is 1. The molecule has 0 saturated heterocycles. The van der Waals surface area contributed by atoms with Crippen LogP contribution in [0.1, 0.15) is 11.1 Å². The van der Waals surface area contributed by atoms with Crippen LogP contribution in [0.2, 0.25) is 0 Å². The van der Waals surface area contributed by atoms with Crippen molar-refractivity contribution in [2.45, 2.75) is 11.9 Å². The van der Waals surface area contributed by atoms with Crippen LogP contribution in [0.15, 0.2) is 18.2 Å². The van der Waals surface area contributed by atoms with Gasteiger partial charge in [0.1, 0.15) is 0 Å². The average molecular weight is 247 g/mol. The number of fused-ring (bicyclic) bond motifs is 1. The molecule has 0 spiro atoms. The molecule has 0 radical (unpaired) electrons. The number of thioether (sulfide) groups is 1. The molecule has 1 aliphatic rings. The minimum absolute atomic E-state index is 0.177. The second-order valence-electron chi connectivity index (χ2n) is 3.41. The Hall–Kier alpha value is -1.17. The van der Waals surface area contributed by atoms with Crippen molar-refractivity contribution in [2.24, 2.45) is 0 Å². The van der Waals surface area contributed by atoms with Crippen molar-refractivity contribution in [3.05, 3.63) is 29.3 Å². The molecule has 1 amide bonds. The molecule has 2 nitrogen and oxygen atoms in total. The molecule has 1 aromatic carbocycles. The summed E-state index contributed by atoms with van der Waals surface area (Å²) in [5.74, 6) is 0.511. The highest BCUT2D eigenvalue weighted by molar-refractivity contribution is 7.99. The normalized spacial score (nSPS) is 16.3. The van der Waals surface area contributed by atoms with Gasteiger partial charge in [0.05, 0.1) is 11.3 Å². The van der Waals surface area contributed by atoms with Gasteiger partial charge in [-0.25, -0.2) is 0 Å². The van der Waals surface area contributed by atoms with E-state index in [9.17, 15) is 18.0 Å². The predicted octanol–water partition coefficient (Wildman–Crippen LogP) is 2.89. The van der Waals surface area contributed by atoms with Crippen molar-refractivity contribution >= 4 is 23.4 Å². The van der Waals surface area contributed by atoms with Gasteiger partial charge in [0.25, 0.3) is 0 Å². The lowest BCUT2D eigenvalue weighted by molar-refractivity contribution is -0.137. The summed E-state index contributed by atoms with van der Waals surface area (Å²) in [6.07, 6.45) is -4.34. The third-order valence-electron chi connectivity index (χ3n) is 2.20. The highest BCUT2D eigenvalue weighted by atomic mass is 32.2. The number of alkyl halides is 3. The van der Waals surface area contributed by atoms with Crippen molar-refractivity contribution in [3.63, 3.8) is 0 Å². The van der Waals surface area contributed by atoms with Gasteiger partial charge < -0.3 is 5.32 Å². The first-order chi connectivity index (χ1) is 7.47. The maximum absolute atomic E-state index is 12.4. The van der Waals surface area contributed by atoms with Gasteiger partial charge in [-0.2, -0.15) is 13.2 Å². The lowest BCUT2D eigenvalue weighted by atomic mass is 10.1. The van der Waals surface area contributed by atoms with Crippen LogP contribution in [0.4, 0.5) is 18.9 Å². The van der Waals surface area contributed by atoms with Crippen LogP contribution >= 0.6 is 11.8 Å². The SMILES string of the molecule is O=C1CSCc2cc(C(F)(F)F)ccc2N1. The average Bonchev–Trinajstić information content (AvgIpc) is 2.35. The van der Waals surface area contributed by atoms with Crippen LogP contribution < -0.4 is 5.32 Å². The van der Waals surface area contributed by atoms with Gasteiger partial charge in [-0.15, -0.1) is 11.8 Å². The van der Waals surface area contributed by atoms with Crippen molar-refractivity contribution in [3.8, 4) is 0 Å². The van der Waals surface area contributed by atoms with Crippen molar-refractivity contribution in [2.75, 3.05) is 11.1 Å². The Morgan fingerprint density at radius 3 is 2.69 bits per heavy atom. The molecule has 0 aliphatic carbocycles. The van der Waals surface area contributed by atoms with E-state index < -0.39 is 11.7 Å². The van der Waals surface area contributed by atoms with Crippen molar-refractivity contribution in [1.82, 2.24) is 0 Å². The second-order valence-corrected chi connectivity index (χ2v) is 4.40. The van der Waals surface area contributed by atoms with Gasteiger partial charge in [-0.05, 0) is 23.8 Å². The second kappa shape index (κ2) is 4.01. The number of carbonyl (C=O) groups excluding carboxylic acids is 1. The number of carbonyl (C=O) groups is 1. The number of benzene rings is 1. The molecule has 86 valence electrons. The standard InChI is InChI=1S/C10H8F3NOS/c11-10(12,13)7-1-2-8-6(3-7)4-16-5-9(15)14-8/h1-3H,4-5H2,(H,14,15). The Morgan fingerprint density at radius 2 is 2.00 bits per heavy atom. The Kier molecular flexibility index (Phi) is 2.84. The van der Waals surface area contributed by atoms with E-state index in [2.05, 4.69) is 5.32 Å². The summed E-state index contributed by atoms with van der Waals surface area (Å²) in [7, 11) is 0. The Labute approximate surface area is 94.2 Å². The summed E-state index contributed by atoms with van der Waals surface area (Å²) < 4.78 is 37.3. The summed E-state index contributed by atoms with van der Waals surface area (Å²) in [4.78, 5) is 11.2. The van der Waals surface area contributed by atoms with Gasteiger partial charge in [0.2, 0.25) is 5.91 Å². The largest absolute Gasteiger partial charge is 0.416 e. The zero-order chi connectivity index (χ0) is 11.8. The van der Waals surface area contributed by atoms with E-state index in [0.717, 1.165) is 12.1 Å². The maximum Gasteiger partial charge on any atom is 0.416 e.